The predicted octanol–water partition coefficient (Wildman–Crippen LogP) is 0.528. The largest absolute Gasteiger partial charge is 0.456 e. The third-order valence-electron chi connectivity index (χ3n) is 1.32. The normalized spacial score (nSPS) is 9.39. The molecule has 2 aromatic rings. The summed E-state index contributed by atoms with van der Waals surface area (Å²) < 4.78 is 23.4. The van der Waals surface area contributed by atoms with Crippen molar-refractivity contribution >= 4 is 15.8 Å². The fourth-order valence-corrected chi connectivity index (χ4v) is 1.24. The van der Waals surface area contributed by atoms with Gasteiger partial charge in [-0.3, -0.25) is 9.71 Å². The summed E-state index contributed by atoms with van der Waals surface area (Å²) in [6.45, 7) is 0. The Morgan fingerprint density at radius 2 is 2.06 bits per heavy atom. The first kappa shape index (κ1) is 17.1. The van der Waals surface area contributed by atoms with Crippen molar-refractivity contribution in [1.82, 2.24) is 15.0 Å². The van der Waals surface area contributed by atoms with Crippen LogP contribution in [0, 0.1) is 12.3 Å². The first-order valence-corrected chi connectivity index (χ1v) is 6.39. The molecule has 0 amide bonds. The smallest absolute Gasteiger partial charge is 0.229 e. The Bertz CT molecular complexity index is 495. The molecular weight excluding hydrogens is 329 g/mol. The first-order chi connectivity index (χ1) is 8.08. The van der Waals surface area contributed by atoms with Crippen molar-refractivity contribution in [3.8, 4) is 0 Å². The molecular formula is C10H10N4O2SY-2. The van der Waals surface area contributed by atoms with Crippen LogP contribution in [-0.2, 0) is 42.7 Å². The Labute approximate surface area is 131 Å². The van der Waals surface area contributed by atoms with E-state index in [4.69, 9.17) is 0 Å². The van der Waals surface area contributed by atoms with Crippen LogP contribution >= 0.6 is 0 Å². The number of nitrogens with one attached hydrogen (secondary N) is 1. The van der Waals surface area contributed by atoms with Gasteiger partial charge in [-0.1, -0.05) is 6.20 Å². The van der Waals surface area contributed by atoms with E-state index in [0.717, 1.165) is 6.26 Å². The van der Waals surface area contributed by atoms with Crippen molar-refractivity contribution in [2.75, 3.05) is 11.0 Å². The molecule has 0 aliphatic rings. The van der Waals surface area contributed by atoms with Crippen LogP contribution in [0.2, 0.25) is 0 Å². The quantitative estimate of drug-likeness (QED) is 0.807. The Morgan fingerprint density at radius 3 is 2.39 bits per heavy atom. The Morgan fingerprint density at radius 1 is 1.28 bits per heavy atom. The number of anilines is 1. The Balaban J connectivity index is 0.000000352. The minimum atomic E-state index is -3.22. The van der Waals surface area contributed by atoms with Crippen molar-refractivity contribution in [1.29, 1.82) is 0 Å². The monoisotopic (exact) mass is 339 g/mol. The van der Waals surface area contributed by atoms with Crippen molar-refractivity contribution < 1.29 is 41.1 Å². The fourth-order valence-electron chi connectivity index (χ4n) is 0.781. The van der Waals surface area contributed by atoms with Gasteiger partial charge in [0.05, 0.1) is 6.26 Å². The van der Waals surface area contributed by atoms with Gasteiger partial charge >= 0.3 is 0 Å². The summed E-state index contributed by atoms with van der Waals surface area (Å²) in [6, 6.07) is 5.87. The third kappa shape index (κ3) is 9.15. The summed E-state index contributed by atoms with van der Waals surface area (Å²) in [7, 11) is -3.22. The number of aromatic nitrogens is 3. The Hall–Kier alpha value is -0.916. The van der Waals surface area contributed by atoms with Crippen LogP contribution in [0.4, 0.5) is 5.82 Å². The molecule has 0 aromatic carbocycles. The molecule has 0 aliphatic heterocycles. The van der Waals surface area contributed by atoms with Crippen LogP contribution in [0.5, 0.6) is 0 Å². The van der Waals surface area contributed by atoms with Crippen LogP contribution in [0.25, 0.3) is 0 Å². The molecule has 0 spiro atoms. The van der Waals surface area contributed by atoms with Gasteiger partial charge < -0.3 is 9.97 Å². The zero-order valence-corrected chi connectivity index (χ0v) is 13.3. The van der Waals surface area contributed by atoms with Crippen molar-refractivity contribution in [2.45, 2.75) is 0 Å². The molecule has 0 unspecified atom stereocenters. The second kappa shape index (κ2) is 9.07. The SMILES string of the molecule is CS(=O)(=O)Nc1[c-]cccn1.[Y].[c-]1cnccn1. The summed E-state index contributed by atoms with van der Waals surface area (Å²) in [4.78, 5) is 11.0. The summed E-state index contributed by atoms with van der Waals surface area (Å²) in [5.41, 5.74) is 0. The number of rotatable bonds is 2. The van der Waals surface area contributed by atoms with Crippen LogP contribution in [0.15, 0.2) is 36.9 Å². The fraction of sp³-hybridized carbons (Fsp3) is 0.100. The van der Waals surface area contributed by atoms with Crippen LogP contribution < -0.4 is 4.72 Å². The summed E-state index contributed by atoms with van der Waals surface area (Å²) >= 11 is 0. The predicted molar refractivity (Wildman–Crippen MR) is 62.4 cm³/mol. The van der Waals surface area contributed by atoms with Crippen molar-refractivity contribution in [3.05, 3.63) is 49.2 Å². The van der Waals surface area contributed by atoms with E-state index in [1.165, 1.54) is 12.4 Å². The van der Waals surface area contributed by atoms with E-state index < -0.39 is 10.0 Å². The maximum absolute atomic E-state index is 10.6. The van der Waals surface area contributed by atoms with Gasteiger partial charge in [0, 0.05) is 38.5 Å². The molecule has 8 heteroatoms. The van der Waals surface area contributed by atoms with Gasteiger partial charge in [-0.25, -0.2) is 20.6 Å². The standard InChI is InChI=1S/C6H7N2O2S.C4H3N2.Y/c1-11(9,10)8-6-4-2-3-5-7-6;1-2-6-4-3-5-1;/h2-3,5H,1H3,(H,7,8);1-3H;/q2*-1;. The van der Waals surface area contributed by atoms with E-state index in [2.05, 4.69) is 31.9 Å². The zero-order valence-electron chi connectivity index (χ0n) is 9.61. The molecule has 1 radical (unpaired) electrons. The molecule has 0 saturated heterocycles. The molecule has 0 saturated carbocycles. The Kier molecular flexibility index (Phi) is 8.61. The van der Waals surface area contributed by atoms with Crippen LogP contribution in [0.1, 0.15) is 0 Å². The molecule has 0 bridgehead atoms. The number of nitrogens with zero attached hydrogens (tertiary/aromatic N) is 3. The van der Waals surface area contributed by atoms with Gasteiger partial charge in [-0.15, -0.1) is 12.4 Å². The van der Waals surface area contributed by atoms with Crippen LogP contribution in [0.3, 0.4) is 0 Å². The number of hydrogen-bond acceptors (Lipinski definition) is 5. The summed E-state index contributed by atoms with van der Waals surface area (Å²) in [5, 5.41) is 0. The molecule has 1 N–H and O–H groups in total. The molecule has 2 heterocycles. The van der Waals surface area contributed by atoms with E-state index in [1.54, 1.807) is 24.5 Å². The van der Waals surface area contributed by atoms with E-state index in [9.17, 15) is 8.42 Å². The van der Waals surface area contributed by atoms with Crippen molar-refractivity contribution in [2.24, 2.45) is 0 Å². The molecule has 0 atom stereocenters. The second-order valence-electron chi connectivity index (χ2n) is 2.84. The van der Waals surface area contributed by atoms with Gasteiger partial charge in [-0.05, 0) is 12.4 Å². The third-order valence-corrected chi connectivity index (χ3v) is 1.89. The minimum Gasteiger partial charge on any atom is -0.456 e. The van der Waals surface area contributed by atoms with Crippen molar-refractivity contribution in [3.63, 3.8) is 0 Å². The molecule has 0 fully saturated rings. The maximum Gasteiger partial charge on any atom is 0.229 e. The van der Waals surface area contributed by atoms with Crippen LogP contribution in [-0.4, -0.2) is 29.6 Å². The van der Waals surface area contributed by atoms with Gasteiger partial charge in [0.25, 0.3) is 0 Å². The topological polar surface area (TPSA) is 84.8 Å². The first-order valence-electron chi connectivity index (χ1n) is 4.50. The van der Waals surface area contributed by atoms with Gasteiger partial charge in [0.15, 0.2) is 0 Å². The number of hydrogen-bond donors (Lipinski definition) is 1. The molecule has 18 heavy (non-hydrogen) atoms. The van der Waals surface area contributed by atoms with E-state index >= 15 is 0 Å². The average molecular weight is 339 g/mol. The van der Waals surface area contributed by atoms with Gasteiger partial charge in [0.2, 0.25) is 10.0 Å². The van der Waals surface area contributed by atoms with E-state index in [0.29, 0.717) is 0 Å². The summed E-state index contributed by atoms with van der Waals surface area (Å²) in [5.74, 6) is 0.218. The van der Waals surface area contributed by atoms with Gasteiger partial charge in [-0.2, -0.15) is 6.07 Å². The number of sulfonamides is 1. The molecule has 0 aliphatic carbocycles. The van der Waals surface area contributed by atoms with Gasteiger partial charge in [0.1, 0.15) is 0 Å². The summed E-state index contributed by atoms with van der Waals surface area (Å²) in [6.07, 6.45) is 9.79. The molecule has 2 aromatic heterocycles. The van der Waals surface area contributed by atoms with E-state index in [-0.39, 0.29) is 38.5 Å². The number of pyridine rings is 1. The molecule has 93 valence electrons. The van der Waals surface area contributed by atoms with E-state index in [1.807, 2.05) is 0 Å². The average Bonchev–Trinajstić information content (AvgIpc) is 2.31. The zero-order chi connectivity index (χ0) is 12.6. The second-order valence-corrected chi connectivity index (χ2v) is 4.59. The molecule has 6 nitrogen and oxygen atoms in total. The molecule has 2 rings (SSSR count). The maximum atomic E-state index is 10.6. The minimum absolute atomic E-state index is 0.